The van der Waals surface area contributed by atoms with Gasteiger partial charge in [-0.25, -0.2) is 9.17 Å². The predicted octanol–water partition coefficient (Wildman–Crippen LogP) is 5.27. The molecule has 0 aliphatic heterocycles. The second-order valence-electron chi connectivity index (χ2n) is 8.08. The summed E-state index contributed by atoms with van der Waals surface area (Å²) in [6, 6.07) is -0.213. The Labute approximate surface area is 187 Å². The van der Waals surface area contributed by atoms with Gasteiger partial charge in [0.25, 0.3) is 0 Å². The molecule has 2 atom stereocenters. The Morgan fingerprint density at radius 2 is 1.61 bits per heavy atom. The highest BCUT2D eigenvalue weighted by atomic mass is 32.3. The Hall–Kier alpha value is -1.45. The van der Waals surface area contributed by atoms with Crippen molar-refractivity contribution in [2.24, 2.45) is 0 Å². The van der Waals surface area contributed by atoms with Crippen molar-refractivity contribution in [3.63, 3.8) is 0 Å². The van der Waals surface area contributed by atoms with Crippen LogP contribution in [0.2, 0.25) is 0 Å². The maximum absolute atomic E-state index is 11.5. The van der Waals surface area contributed by atoms with Gasteiger partial charge < -0.3 is 9.30 Å². The molecule has 31 heavy (non-hydrogen) atoms. The molecule has 180 valence electrons. The van der Waals surface area contributed by atoms with Crippen molar-refractivity contribution in [2.45, 2.75) is 109 Å². The minimum absolute atomic E-state index is 0.180. The molecule has 1 aromatic heterocycles. The van der Waals surface area contributed by atoms with Crippen LogP contribution in [-0.2, 0) is 24.1 Å². The summed E-state index contributed by atoms with van der Waals surface area (Å²) in [6.07, 6.45) is 17.4. The highest BCUT2D eigenvalue weighted by Gasteiger charge is 2.27. The second-order valence-corrected chi connectivity index (χ2v) is 9.13. The van der Waals surface area contributed by atoms with Gasteiger partial charge in [-0.3, -0.25) is 9.35 Å². The minimum Gasteiger partial charge on any atom is -0.469 e. The van der Waals surface area contributed by atoms with E-state index in [1.165, 1.54) is 26.4 Å². The van der Waals surface area contributed by atoms with Crippen LogP contribution in [0.5, 0.6) is 0 Å². The SMILES string of the molecule is CCCCCCCCC(OS(=O)(=O)O)C(CCCCCCCC(=O)OC)n1ccnc1. The maximum atomic E-state index is 11.5. The van der Waals surface area contributed by atoms with Gasteiger partial charge in [0.2, 0.25) is 0 Å². The third-order valence-corrected chi connectivity index (χ3v) is 6.02. The number of hydrogen-bond acceptors (Lipinski definition) is 6. The summed E-state index contributed by atoms with van der Waals surface area (Å²) in [6.45, 7) is 2.17. The molecule has 0 radical (unpaired) electrons. The van der Waals surface area contributed by atoms with Crippen molar-refractivity contribution >= 4 is 16.4 Å². The van der Waals surface area contributed by atoms with Crippen LogP contribution in [0.15, 0.2) is 18.7 Å². The lowest BCUT2D eigenvalue weighted by atomic mass is 9.97. The molecule has 0 bridgehead atoms. The summed E-state index contributed by atoms with van der Waals surface area (Å²) in [7, 11) is -3.14. The molecule has 0 aliphatic rings. The number of nitrogens with zero attached hydrogens (tertiary/aromatic N) is 2. The van der Waals surface area contributed by atoms with E-state index in [2.05, 4.69) is 16.6 Å². The highest BCUT2D eigenvalue weighted by molar-refractivity contribution is 7.80. The normalized spacial score (nSPS) is 13.8. The Kier molecular flexibility index (Phi) is 14.4. The van der Waals surface area contributed by atoms with Gasteiger partial charge in [0.15, 0.2) is 0 Å². The first-order valence-electron chi connectivity index (χ1n) is 11.6. The number of rotatable bonds is 19. The number of aromatic nitrogens is 2. The molecule has 1 heterocycles. The van der Waals surface area contributed by atoms with Crippen LogP contribution < -0.4 is 0 Å². The van der Waals surface area contributed by atoms with Gasteiger partial charge in [0.1, 0.15) is 6.10 Å². The fourth-order valence-corrected chi connectivity index (χ4v) is 4.37. The van der Waals surface area contributed by atoms with Gasteiger partial charge in [-0.1, -0.05) is 71.1 Å². The first kappa shape index (κ1) is 27.6. The molecule has 8 nitrogen and oxygen atoms in total. The van der Waals surface area contributed by atoms with Crippen molar-refractivity contribution in [3.8, 4) is 0 Å². The van der Waals surface area contributed by atoms with Crippen molar-refractivity contribution < 1.29 is 26.7 Å². The lowest BCUT2D eigenvalue weighted by molar-refractivity contribution is -0.140. The molecular formula is C22H40N2O6S. The molecule has 0 spiro atoms. The van der Waals surface area contributed by atoms with Crippen LogP contribution in [0.4, 0.5) is 0 Å². The molecule has 1 rings (SSSR count). The van der Waals surface area contributed by atoms with Crippen LogP contribution in [0.1, 0.15) is 103 Å². The Bertz CT molecular complexity index is 678. The molecule has 0 saturated carbocycles. The van der Waals surface area contributed by atoms with Gasteiger partial charge in [0, 0.05) is 18.8 Å². The number of esters is 1. The quantitative estimate of drug-likeness (QED) is 0.170. The van der Waals surface area contributed by atoms with E-state index in [-0.39, 0.29) is 12.0 Å². The van der Waals surface area contributed by atoms with Crippen LogP contribution in [0.3, 0.4) is 0 Å². The zero-order valence-corrected chi connectivity index (χ0v) is 19.9. The van der Waals surface area contributed by atoms with Crippen molar-refractivity contribution in [1.29, 1.82) is 0 Å². The van der Waals surface area contributed by atoms with Crippen molar-refractivity contribution in [1.82, 2.24) is 9.55 Å². The number of carbonyl (C=O) groups is 1. The Balaban J connectivity index is 2.58. The fraction of sp³-hybridized carbons (Fsp3) is 0.818. The number of carbonyl (C=O) groups excluding carboxylic acids is 1. The molecule has 2 unspecified atom stereocenters. The third kappa shape index (κ3) is 13.5. The van der Waals surface area contributed by atoms with Crippen molar-refractivity contribution in [3.05, 3.63) is 18.7 Å². The number of ether oxygens (including phenoxy) is 1. The maximum Gasteiger partial charge on any atom is 0.397 e. The number of unbranched alkanes of at least 4 members (excludes halogenated alkanes) is 9. The van der Waals surface area contributed by atoms with E-state index in [1.807, 2.05) is 10.8 Å². The Morgan fingerprint density at radius 1 is 1.00 bits per heavy atom. The summed E-state index contributed by atoms with van der Waals surface area (Å²) in [5, 5.41) is 0. The molecule has 9 heteroatoms. The van der Waals surface area contributed by atoms with Crippen LogP contribution >= 0.6 is 0 Å². The zero-order valence-electron chi connectivity index (χ0n) is 19.1. The topological polar surface area (TPSA) is 108 Å². The molecule has 0 aliphatic carbocycles. The molecule has 0 amide bonds. The van der Waals surface area contributed by atoms with Crippen LogP contribution in [-0.4, -0.2) is 41.7 Å². The van der Waals surface area contributed by atoms with E-state index < -0.39 is 16.5 Å². The van der Waals surface area contributed by atoms with E-state index in [1.54, 1.807) is 12.5 Å². The summed E-state index contributed by atoms with van der Waals surface area (Å²) in [5.74, 6) is -0.180. The first-order chi connectivity index (χ1) is 14.9. The third-order valence-electron chi connectivity index (χ3n) is 5.53. The zero-order chi connectivity index (χ0) is 23.0. The summed E-state index contributed by atoms with van der Waals surface area (Å²) in [5.41, 5.74) is 0. The molecule has 1 aromatic rings. The number of imidazole rings is 1. The van der Waals surface area contributed by atoms with E-state index in [0.29, 0.717) is 12.8 Å². The van der Waals surface area contributed by atoms with E-state index in [0.717, 1.165) is 57.8 Å². The first-order valence-corrected chi connectivity index (χ1v) is 12.9. The summed E-state index contributed by atoms with van der Waals surface area (Å²) < 4.78 is 43.9. The lowest BCUT2D eigenvalue weighted by Gasteiger charge is -2.27. The van der Waals surface area contributed by atoms with Crippen LogP contribution in [0, 0.1) is 0 Å². The molecule has 0 fully saturated rings. The lowest BCUT2D eigenvalue weighted by Crippen LogP contribution is -2.29. The van der Waals surface area contributed by atoms with Gasteiger partial charge in [-0.05, 0) is 19.3 Å². The average Bonchev–Trinajstić information content (AvgIpc) is 3.25. The van der Waals surface area contributed by atoms with Crippen LogP contribution in [0.25, 0.3) is 0 Å². The van der Waals surface area contributed by atoms with E-state index in [4.69, 9.17) is 4.18 Å². The summed E-state index contributed by atoms with van der Waals surface area (Å²) in [4.78, 5) is 15.3. The second kappa shape index (κ2) is 16.2. The van der Waals surface area contributed by atoms with E-state index >= 15 is 0 Å². The van der Waals surface area contributed by atoms with Gasteiger partial charge >= 0.3 is 16.4 Å². The average molecular weight is 461 g/mol. The molecular weight excluding hydrogens is 420 g/mol. The molecule has 1 N–H and O–H groups in total. The Morgan fingerprint density at radius 3 is 2.19 bits per heavy atom. The fourth-order valence-electron chi connectivity index (χ4n) is 3.83. The van der Waals surface area contributed by atoms with Crippen molar-refractivity contribution in [2.75, 3.05) is 7.11 Å². The monoisotopic (exact) mass is 460 g/mol. The van der Waals surface area contributed by atoms with Gasteiger partial charge in [-0.2, -0.15) is 8.42 Å². The van der Waals surface area contributed by atoms with Gasteiger partial charge in [-0.15, -0.1) is 0 Å². The largest absolute Gasteiger partial charge is 0.469 e. The highest BCUT2D eigenvalue weighted by Crippen LogP contribution is 2.27. The minimum atomic E-state index is -4.54. The van der Waals surface area contributed by atoms with E-state index in [9.17, 15) is 17.8 Å². The predicted molar refractivity (Wildman–Crippen MR) is 120 cm³/mol. The number of methoxy groups -OCH3 is 1. The van der Waals surface area contributed by atoms with Gasteiger partial charge in [0.05, 0.1) is 19.5 Å². The standard InChI is InChI=1S/C22H40N2O6S/c1-3-4-5-6-9-12-15-21(30-31(26,27)28)20(24-18-17-23-19-24)14-11-8-7-10-13-16-22(25)29-2/h17-21H,3-16H2,1-2H3,(H,26,27,28). The number of hydrogen-bond donors (Lipinski definition) is 1. The molecule has 0 aromatic carbocycles. The molecule has 0 saturated heterocycles. The smallest absolute Gasteiger partial charge is 0.397 e. The summed E-state index contributed by atoms with van der Waals surface area (Å²) >= 11 is 0.